The smallest absolute Gasteiger partial charge is 0.549 e. The summed E-state index contributed by atoms with van der Waals surface area (Å²) in [5.74, 6) is -16.4. The second kappa shape index (κ2) is 55.1. The molecule has 129 heavy (non-hydrogen) atoms. The van der Waals surface area contributed by atoms with E-state index in [-0.39, 0.29) is 66.5 Å². The van der Waals surface area contributed by atoms with Crippen molar-refractivity contribution in [2.45, 2.75) is 84.7 Å². The first-order chi connectivity index (χ1) is 59.2. The molecule has 4 unspecified atom stereocenters. The molecular weight excluding hydrogens is 1850 g/mol. The molecule has 10 N–H and O–H groups in total. The van der Waals surface area contributed by atoms with E-state index in [4.69, 9.17) is 41.1 Å². The molecule has 0 spiro atoms. The van der Waals surface area contributed by atoms with Crippen LogP contribution in [0.15, 0.2) is 261 Å². The molecule has 0 fully saturated rings. The first-order valence-electron chi connectivity index (χ1n) is 34.9. The van der Waals surface area contributed by atoms with Crippen molar-refractivity contribution >= 4 is 160 Å². The Balaban J connectivity index is 0. The van der Waals surface area contributed by atoms with Crippen LogP contribution in [0.4, 0.5) is 11.4 Å². The number of carbonyl (C=O) groups excluding carboxylic acids is 2. The zero-order valence-electron chi connectivity index (χ0n) is 69.1. The Labute approximate surface area is 766 Å². The van der Waals surface area contributed by atoms with E-state index in [1.807, 2.05) is 45.0 Å². The summed E-state index contributed by atoms with van der Waals surface area (Å²) in [5.41, 5.74) is 9.05. The Morgan fingerprint density at radius 3 is 0.946 bits per heavy atom. The Morgan fingerprint density at radius 1 is 0.426 bits per heavy atom. The zero-order chi connectivity index (χ0) is 98.9. The van der Waals surface area contributed by atoms with E-state index in [1.54, 1.807) is 43.3 Å². The number of nitrogens with one attached hydrogen (secondary N) is 2. The van der Waals surface area contributed by atoms with Crippen molar-refractivity contribution in [2.24, 2.45) is 0 Å². The van der Waals surface area contributed by atoms with Gasteiger partial charge in [-0.15, -0.1) is 18.3 Å². The fourth-order valence-corrected chi connectivity index (χ4v) is 17.1. The first kappa shape index (κ1) is 118. The van der Waals surface area contributed by atoms with Crippen molar-refractivity contribution in [1.29, 1.82) is 0 Å². The maximum absolute atomic E-state index is 12.1. The second-order valence-electron chi connectivity index (χ2n) is 25.4. The van der Waals surface area contributed by atoms with Gasteiger partial charge in [0.25, 0.3) is 26.5 Å². The average molecular weight is 1940 g/mol. The number of allylic oxidation sites excluding steroid dienone is 1. The number of rotatable bonds is 36. The molecule has 0 aliphatic carbocycles. The van der Waals surface area contributed by atoms with E-state index in [9.17, 15) is 124 Å². The van der Waals surface area contributed by atoms with E-state index < -0.39 is 182 Å². The van der Waals surface area contributed by atoms with Crippen molar-refractivity contribution in [3.05, 3.63) is 296 Å². The summed E-state index contributed by atoms with van der Waals surface area (Å²) in [6.45, 7) is 35.8. The minimum Gasteiger partial charge on any atom is -0.549 e. The Morgan fingerprint density at radius 2 is 0.705 bits per heavy atom. The predicted octanol–water partition coefficient (Wildman–Crippen LogP) is 5.75. The Bertz CT molecular complexity index is 5870. The van der Waals surface area contributed by atoms with Crippen LogP contribution >= 0.6 is 11.8 Å². The van der Waals surface area contributed by atoms with Gasteiger partial charge >= 0.3 is 76.7 Å². The maximum atomic E-state index is 12.1. The summed E-state index contributed by atoms with van der Waals surface area (Å²) < 4.78 is 145. The van der Waals surface area contributed by atoms with Crippen molar-refractivity contribution in [3.8, 4) is 0 Å². The number of sulfone groups is 6. The number of hydrogen-bond donors (Lipinski definition) is 10. The van der Waals surface area contributed by atoms with Gasteiger partial charge in [-0.2, -0.15) is 11.0 Å². The van der Waals surface area contributed by atoms with Gasteiger partial charge in [0.05, 0.1) is 75.9 Å². The molecule has 0 aliphatic heterocycles. The van der Waals surface area contributed by atoms with Crippen LogP contribution in [0.3, 0.4) is 0 Å². The Kier molecular flexibility index (Phi) is 50.6. The minimum atomic E-state index is -4.75. The van der Waals surface area contributed by atoms with Crippen LogP contribution in [-0.2, 0) is 102 Å². The molecule has 49 heteroatoms. The number of nitrogens with zero attached hydrogens (tertiary/aromatic N) is 3. The van der Waals surface area contributed by atoms with E-state index in [0.29, 0.717) is 22.3 Å². The summed E-state index contributed by atoms with van der Waals surface area (Å²) >= 11 is 1.26. The van der Waals surface area contributed by atoms with Crippen LogP contribution < -0.4 is 45.6 Å². The second-order valence-corrected chi connectivity index (χ2v) is 38.4. The van der Waals surface area contributed by atoms with E-state index in [0.717, 1.165) is 64.6 Å². The first-order valence-corrected chi connectivity index (χ1v) is 45.6. The monoisotopic (exact) mass is 1940 g/mol. The van der Waals surface area contributed by atoms with Crippen LogP contribution in [0.2, 0.25) is 0 Å². The Hall–Kier alpha value is -12.7. The molecule has 41 nitrogen and oxygen atoms in total. The molecule has 0 aromatic heterocycles. The third-order valence-electron chi connectivity index (χ3n) is 15.1. The molecule has 0 heterocycles. The molecule has 7 aromatic rings. The van der Waals surface area contributed by atoms with Crippen LogP contribution in [0.1, 0.15) is 78.7 Å². The van der Waals surface area contributed by atoms with Gasteiger partial charge in [0, 0.05) is 17.0 Å². The van der Waals surface area contributed by atoms with Crippen molar-refractivity contribution in [1.82, 2.24) is 11.0 Å². The number of methoxy groups -OCH3 is 1. The molecule has 7 rings (SSSR count). The molecule has 0 aliphatic rings. The number of carboxylic acids is 7. The molecule has 7 aromatic carbocycles. The van der Waals surface area contributed by atoms with E-state index in [2.05, 4.69) is 68.3 Å². The fourth-order valence-electron chi connectivity index (χ4n) is 9.28. The summed E-state index contributed by atoms with van der Waals surface area (Å²) in [4.78, 5) is 112. The molecule has 0 amide bonds. The van der Waals surface area contributed by atoms with Crippen molar-refractivity contribution < 1.29 is 184 Å². The number of aliphatic carboxylic acids is 7. The molecule has 4 atom stereocenters. The number of carbonyl (C=O) groups is 8. The number of ether oxygens (including phenoxy) is 1. The number of esters is 1. The predicted molar refractivity (Wildman–Crippen MR) is 465 cm³/mol. The molecular formula is C80H86N5NaO36S7. The van der Waals surface area contributed by atoms with Gasteiger partial charge in [0.1, 0.15) is 0 Å². The van der Waals surface area contributed by atoms with Gasteiger partial charge in [0.15, 0.2) is 46.8 Å². The summed E-state index contributed by atoms with van der Waals surface area (Å²) in [6, 6.07) is 35.6. The molecule has 0 bridgehead atoms. The third-order valence-corrected chi connectivity index (χ3v) is 26.5. The molecule has 690 valence electrons. The number of hydrogen-bond acceptors (Lipinski definition) is 33. The maximum Gasteiger partial charge on any atom is 1.00 e. The summed E-state index contributed by atoms with van der Waals surface area (Å²) in [6.07, 6.45) is 7.17. The van der Waals surface area contributed by atoms with Crippen LogP contribution in [0, 0.1) is 30.3 Å². The number of hydroxylamine groups is 2. The average Bonchev–Trinajstić information content (AvgIpc) is 0.774. The van der Waals surface area contributed by atoms with Gasteiger partial charge < -0.3 is 55.7 Å². The normalized spacial score (nSPS) is 11.6. The summed E-state index contributed by atoms with van der Waals surface area (Å²) in [7, 11) is -24.1. The number of carboxylic acid groups (broad SMARTS) is 7. The van der Waals surface area contributed by atoms with E-state index >= 15 is 0 Å². The zero-order valence-corrected chi connectivity index (χ0v) is 76.8. The van der Waals surface area contributed by atoms with Gasteiger partial charge in [-0.25, -0.2) is 55.3 Å². The topological polar surface area (TPSA) is 689 Å². The van der Waals surface area contributed by atoms with Crippen LogP contribution in [0.5, 0.6) is 0 Å². The fraction of sp³-hybridized carbons (Fsp3) is 0.175. The standard InChI is InChI=1S/C12H15NO5S.C12H15NO3S.C12H12O6S.C10H8N2O8S.C10H9NO6S.2C10H10O4S.C4H8.Na/c1-8(2)12(13-16)9-3-5-10(6-4-9)19(17,18)7-11(14)15;1-8(2)12(13-16)9-3-5-10(6-4-9)17-7-11(14)15;1-3-8-4-6-9(7-5-8)19(16,17)10(11(13)14)12(15)18-2;1-2-6-3-7(11(15)16)10(8(4-6)12(17)18)21(19,20)5-9(13)14;1-2-7-3-5-8(6-4-7)18(16,17)9(10(12)13)11(14)15;2*1-2-8-3-5-9(6-4-8)15(13,14)7-10(11)12;1-4(2)3;/h3-6,12-13,16H,1,7H2,2H3,(H,14,15);3-6,12-13,16H,1,7H2,2H3,(H,14,15);3-7,10H,1H2,2H3,(H,13,14);2-4H,1,5H2,(H,13,14);2-6,9H,1H2,(H,12,13);2*2-6H,1,7H2,(H,11,12);1H2,2-3H3;/q;;;;;;;;+1/p-1. The van der Waals surface area contributed by atoms with Crippen molar-refractivity contribution in [3.63, 3.8) is 0 Å². The summed E-state index contributed by atoms with van der Waals surface area (Å²) in [5, 5.41) is 107. The third kappa shape index (κ3) is 40.0. The number of nitro benzene ring substituents is 2. The van der Waals surface area contributed by atoms with Crippen molar-refractivity contribution in [2.75, 3.05) is 35.9 Å². The molecule has 0 saturated carbocycles. The number of nitro groups is 3. The molecule has 0 radical (unpaired) electrons. The van der Waals surface area contributed by atoms with Gasteiger partial charge in [-0.1, -0.05) is 166 Å². The SMILES string of the molecule is C=C(C)C.C=C(C)C(NO)c1ccc(S(=O)(=O)CC(=O)O)cc1.C=C(C)C(NO)c1ccc(SCC(=O)O)cc1.C=Cc1cc([N+](=O)[O-])c(S(=O)(=O)CC(=O)O)c([N+](=O)[O-])c1.C=Cc1ccc(S(=O)(=O)C(C(=O)O)C(=O)OC)cc1.C=Cc1ccc(S(=O)(=O)C(C(=O)O)[N+](=O)[O-])cc1.C=Cc1ccc(S(=O)(=O)CC(=O)O)cc1.C=Cc1ccc(S(=O)(=O)CC(=O)[O-])cc1.[Na+]. The minimum absolute atomic E-state index is 0. The molecule has 0 saturated heterocycles. The van der Waals surface area contributed by atoms with Crippen LogP contribution in [0.25, 0.3) is 30.4 Å². The largest absolute Gasteiger partial charge is 1.00 e. The quantitative estimate of drug-likeness (QED) is 0.00425. The number of thioether (sulfide) groups is 1. The van der Waals surface area contributed by atoms with E-state index in [1.165, 1.54) is 114 Å². The van der Waals surface area contributed by atoms with Gasteiger partial charge in [-0.3, -0.25) is 59.1 Å². The van der Waals surface area contributed by atoms with Gasteiger partial charge in [0.2, 0.25) is 24.6 Å². The van der Waals surface area contributed by atoms with Gasteiger partial charge in [-0.05, 0) is 139 Å². The van der Waals surface area contributed by atoms with Crippen LogP contribution in [-0.4, -0.2) is 201 Å². The number of benzene rings is 7.